The van der Waals surface area contributed by atoms with E-state index in [9.17, 15) is 24.1 Å². The van der Waals surface area contributed by atoms with Crippen LogP contribution in [-0.4, -0.2) is 38.0 Å². The Morgan fingerprint density at radius 2 is 1.51 bits per heavy atom. The van der Waals surface area contributed by atoms with E-state index in [0.717, 1.165) is 11.1 Å². The summed E-state index contributed by atoms with van der Waals surface area (Å²) in [5, 5.41) is 18.5. The summed E-state index contributed by atoms with van der Waals surface area (Å²) in [6, 6.07) is 31.2. The van der Waals surface area contributed by atoms with Crippen LogP contribution in [0.15, 0.2) is 115 Å². The van der Waals surface area contributed by atoms with Crippen LogP contribution in [0.3, 0.4) is 0 Å². The molecule has 1 aromatic heterocycles. The molecular formula is C31H24FN5O4. The highest BCUT2D eigenvalue weighted by atomic mass is 19.1. The van der Waals surface area contributed by atoms with Crippen LogP contribution in [0.4, 0.5) is 15.9 Å². The number of aromatic nitrogens is 2. The Hall–Kier alpha value is -5.64. The Kier molecular flexibility index (Phi) is 7.91. The lowest BCUT2D eigenvalue weighted by molar-refractivity contribution is -0.384. The summed E-state index contributed by atoms with van der Waals surface area (Å²) < 4.78 is 15.1. The normalized spacial score (nSPS) is 10.7. The van der Waals surface area contributed by atoms with E-state index in [1.54, 1.807) is 18.2 Å². The number of carbonyl (C=O) groups excluding carboxylic acids is 2. The summed E-state index contributed by atoms with van der Waals surface area (Å²) in [7, 11) is 0. The van der Waals surface area contributed by atoms with Gasteiger partial charge in [-0.2, -0.15) is 5.10 Å². The number of benzene rings is 4. The molecule has 0 aliphatic heterocycles. The predicted octanol–water partition coefficient (Wildman–Crippen LogP) is 5.87. The number of nitrogens with zero attached hydrogens (tertiary/aromatic N) is 4. The third-order valence-corrected chi connectivity index (χ3v) is 6.28. The number of hydrogen-bond acceptors (Lipinski definition) is 5. The molecule has 4 aromatic carbocycles. The molecule has 0 aliphatic carbocycles. The fourth-order valence-electron chi connectivity index (χ4n) is 4.27. The summed E-state index contributed by atoms with van der Waals surface area (Å²) >= 11 is 0. The molecule has 2 amide bonds. The average molecular weight is 550 g/mol. The van der Waals surface area contributed by atoms with Crippen LogP contribution in [0.5, 0.6) is 0 Å². The average Bonchev–Trinajstić information content (AvgIpc) is 3.41. The quantitative estimate of drug-likeness (QED) is 0.183. The molecule has 0 aliphatic rings. The molecule has 0 unspecified atom stereocenters. The fraction of sp³-hybridized carbons (Fsp3) is 0.0645. The first-order chi connectivity index (χ1) is 19.9. The zero-order valence-corrected chi connectivity index (χ0v) is 21.7. The zero-order valence-electron chi connectivity index (χ0n) is 21.7. The first kappa shape index (κ1) is 26.9. The van der Waals surface area contributed by atoms with Crippen LogP contribution in [0.25, 0.3) is 16.9 Å². The number of hydrogen-bond donors (Lipinski definition) is 1. The van der Waals surface area contributed by atoms with Gasteiger partial charge in [0.1, 0.15) is 18.2 Å². The number of halogens is 1. The van der Waals surface area contributed by atoms with Gasteiger partial charge in [-0.3, -0.25) is 19.7 Å². The topological polar surface area (TPSA) is 110 Å². The second-order valence-electron chi connectivity index (χ2n) is 9.17. The van der Waals surface area contributed by atoms with Crippen LogP contribution in [0.2, 0.25) is 0 Å². The Labute approximate surface area is 234 Å². The highest BCUT2D eigenvalue weighted by Crippen LogP contribution is 2.25. The second kappa shape index (κ2) is 12.0. The predicted molar refractivity (Wildman–Crippen MR) is 152 cm³/mol. The Morgan fingerprint density at radius 3 is 2.15 bits per heavy atom. The van der Waals surface area contributed by atoms with E-state index < -0.39 is 22.6 Å². The van der Waals surface area contributed by atoms with Gasteiger partial charge >= 0.3 is 0 Å². The van der Waals surface area contributed by atoms with E-state index in [1.807, 2.05) is 60.7 Å². The Bertz CT molecular complexity index is 1670. The van der Waals surface area contributed by atoms with Crippen LogP contribution < -0.4 is 5.32 Å². The number of anilines is 1. The zero-order chi connectivity index (χ0) is 28.8. The summed E-state index contributed by atoms with van der Waals surface area (Å²) in [6.07, 6.45) is 0. The molecule has 0 fully saturated rings. The van der Waals surface area contributed by atoms with Gasteiger partial charge in [0.2, 0.25) is 5.91 Å². The van der Waals surface area contributed by atoms with E-state index in [0.29, 0.717) is 17.2 Å². The minimum absolute atomic E-state index is 0.135. The number of non-ortho nitro benzene ring substituents is 1. The number of nitro groups is 1. The van der Waals surface area contributed by atoms with E-state index >= 15 is 0 Å². The molecule has 1 N–H and O–H groups in total. The molecule has 10 heteroatoms. The van der Waals surface area contributed by atoms with Gasteiger partial charge in [0, 0.05) is 35.9 Å². The number of amides is 2. The van der Waals surface area contributed by atoms with Gasteiger partial charge in [-0.25, -0.2) is 9.07 Å². The standard InChI is InChI=1S/C31H24FN5O4/c32-25-13-17-26(18-14-25)36-29(19-28(34-36)23-9-5-2-6-10-23)33-30(38)21-35(20-22-7-3-1-4-8-22)31(39)24-11-15-27(16-12-24)37(40)41/h1-19H,20-21H2,(H,33,38). The van der Waals surface area contributed by atoms with Gasteiger partial charge in [0.15, 0.2) is 0 Å². The number of rotatable bonds is 9. The highest BCUT2D eigenvalue weighted by Gasteiger charge is 2.22. The fourth-order valence-corrected chi connectivity index (χ4v) is 4.27. The van der Waals surface area contributed by atoms with Gasteiger partial charge in [-0.15, -0.1) is 0 Å². The van der Waals surface area contributed by atoms with Crippen molar-refractivity contribution in [1.82, 2.24) is 14.7 Å². The van der Waals surface area contributed by atoms with Gasteiger partial charge in [-0.1, -0.05) is 60.7 Å². The summed E-state index contributed by atoms with van der Waals surface area (Å²) in [4.78, 5) is 38.7. The third-order valence-electron chi connectivity index (χ3n) is 6.28. The maximum absolute atomic E-state index is 13.6. The van der Waals surface area contributed by atoms with Crippen molar-refractivity contribution in [1.29, 1.82) is 0 Å². The Balaban J connectivity index is 1.43. The van der Waals surface area contributed by atoms with E-state index in [2.05, 4.69) is 10.4 Å². The lowest BCUT2D eigenvalue weighted by atomic mass is 10.1. The first-order valence-electron chi connectivity index (χ1n) is 12.7. The van der Waals surface area contributed by atoms with E-state index in [1.165, 1.54) is 46.0 Å². The van der Waals surface area contributed by atoms with Crippen LogP contribution in [0.1, 0.15) is 15.9 Å². The lowest BCUT2D eigenvalue weighted by Crippen LogP contribution is -2.37. The number of nitrogens with one attached hydrogen (secondary N) is 1. The van der Waals surface area contributed by atoms with Gasteiger partial charge < -0.3 is 10.2 Å². The molecule has 41 heavy (non-hydrogen) atoms. The van der Waals surface area contributed by atoms with Gasteiger partial charge in [0.25, 0.3) is 11.6 Å². The molecule has 0 saturated heterocycles. The third kappa shape index (κ3) is 6.51. The Morgan fingerprint density at radius 1 is 0.878 bits per heavy atom. The molecule has 0 spiro atoms. The van der Waals surface area contributed by atoms with Gasteiger partial charge in [0.05, 0.1) is 16.3 Å². The van der Waals surface area contributed by atoms with Crippen LogP contribution >= 0.6 is 0 Å². The number of carbonyl (C=O) groups is 2. The molecule has 9 nitrogen and oxygen atoms in total. The van der Waals surface area contributed by atoms with Crippen LogP contribution in [-0.2, 0) is 11.3 Å². The van der Waals surface area contributed by atoms with Crippen molar-refractivity contribution in [2.24, 2.45) is 0 Å². The van der Waals surface area contributed by atoms with Crippen molar-refractivity contribution in [2.75, 3.05) is 11.9 Å². The first-order valence-corrected chi connectivity index (χ1v) is 12.7. The number of nitro benzene ring substituents is 1. The monoisotopic (exact) mass is 549 g/mol. The summed E-state index contributed by atoms with van der Waals surface area (Å²) in [5.41, 5.74) is 2.82. The smallest absolute Gasteiger partial charge is 0.269 e. The molecule has 1 heterocycles. The minimum Gasteiger partial charge on any atom is -0.325 e. The summed E-state index contributed by atoms with van der Waals surface area (Å²) in [6.45, 7) is -0.170. The molecule has 0 radical (unpaired) electrons. The maximum Gasteiger partial charge on any atom is 0.269 e. The molecule has 5 aromatic rings. The van der Waals surface area contributed by atoms with E-state index in [4.69, 9.17) is 0 Å². The lowest BCUT2D eigenvalue weighted by Gasteiger charge is -2.22. The summed E-state index contributed by atoms with van der Waals surface area (Å²) in [5.74, 6) is -1.02. The van der Waals surface area contributed by atoms with Crippen molar-refractivity contribution in [2.45, 2.75) is 6.54 Å². The largest absolute Gasteiger partial charge is 0.325 e. The molecule has 0 atom stereocenters. The maximum atomic E-state index is 13.6. The van der Waals surface area contributed by atoms with Crippen molar-refractivity contribution >= 4 is 23.3 Å². The van der Waals surface area contributed by atoms with E-state index in [-0.39, 0.29) is 24.3 Å². The van der Waals surface area contributed by atoms with Crippen molar-refractivity contribution in [3.8, 4) is 16.9 Å². The minimum atomic E-state index is -0.544. The highest BCUT2D eigenvalue weighted by molar-refractivity contribution is 5.99. The molecule has 0 saturated carbocycles. The van der Waals surface area contributed by atoms with Crippen LogP contribution in [0, 0.1) is 15.9 Å². The molecule has 204 valence electrons. The molecule has 0 bridgehead atoms. The van der Waals surface area contributed by atoms with Crippen molar-refractivity contribution in [3.05, 3.63) is 142 Å². The van der Waals surface area contributed by atoms with Gasteiger partial charge in [-0.05, 0) is 42.0 Å². The second-order valence-corrected chi connectivity index (χ2v) is 9.17. The molecule has 5 rings (SSSR count). The SMILES string of the molecule is O=C(CN(Cc1ccccc1)C(=O)c1ccc([N+](=O)[O-])cc1)Nc1cc(-c2ccccc2)nn1-c1ccc(F)cc1. The molecular weight excluding hydrogens is 525 g/mol. The van der Waals surface area contributed by atoms with Crippen molar-refractivity contribution < 1.29 is 18.9 Å². The van der Waals surface area contributed by atoms with Crippen molar-refractivity contribution in [3.63, 3.8) is 0 Å².